The molecule has 2 unspecified atom stereocenters. The predicted molar refractivity (Wildman–Crippen MR) is 160 cm³/mol. The maximum Gasteiger partial charge on any atom is 0.301 e. The van der Waals surface area contributed by atoms with Gasteiger partial charge in [0.1, 0.15) is 24.8 Å². The van der Waals surface area contributed by atoms with Crippen molar-refractivity contribution in [1.29, 1.82) is 5.26 Å². The van der Waals surface area contributed by atoms with Gasteiger partial charge in [-0.05, 0) is 42.5 Å². The molecule has 0 spiro atoms. The van der Waals surface area contributed by atoms with Gasteiger partial charge in [0, 0.05) is 55.6 Å². The number of likely N-dealkylation sites (tertiary alicyclic amines) is 1. The molecule has 1 amide bonds. The average molecular weight is 621 g/mol. The fraction of sp³-hybridized carbons (Fsp3) is 0.452. The standard InChI is InChI=1S/C31H34F2N8O4/c1-20-14-41(27(43)15-42)18-31(32,33)28(20)45-26-7-2-21(12-22(26)13-34)29-35-19-36-30(38-29)37-23-3-5-24(6-4-23)39-8-10-40(11-9-39)25-16-44-17-25/h2-7,12,19-20,25,28,42H,8-11,14-18H2,1H3,(H,35,36,37,38). The number of ether oxygens (including phenoxy) is 2. The number of anilines is 3. The van der Waals surface area contributed by atoms with E-state index >= 15 is 8.78 Å². The number of aromatic nitrogens is 3. The number of piperidine rings is 1. The molecule has 0 aliphatic carbocycles. The first-order chi connectivity index (χ1) is 21.7. The van der Waals surface area contributed by atoms with Gasteiger partial charge in [-0.2, -0.15) is 10.2 Å². The third-order valence-corrected chi connectivity index (χ3v) is 8.45. The van der Waals surface area contributed by atoms with Gasteiger partial charge >= 0.3 is 5.92 Å². The van der Waals surface area contributed by atoms with Gasteiger partial charge in [-0.1, -0.05) is 6.92 Å². The molecule has 14 heteroatoms. The monoisotopic (exact) mass is 620 g/mol. The van der Waals surface area contributed by atoms with Crippen LogP contribution in [-0.2, 0) is 9.53 Å². The number of amides is 1. The van der Waals surface area contributed by atoms with Crippen LogP contribution in [0.4, 0.5) is 26.1 Å². The number of halogens is 2. The highest BCUT2D eigenvalue weighted by molar-refractivity contribution is 5.77. The van der Waals surface area contributed by atoms with Crippen LogP contribution in [0.15, 0.2) is 48.8 Å². The van der Waals surface area contributed by atoms with Crippen LogP contribution in [0.1, 0.15) is 12.5 Å². The largest absolute Gasteiger partial charge is 0.482 e. The topological polar surface area (TPSA) is 140 Å². The Labute approximate surface area is 259 Å². The smallest absolute Gasteiger partial charge is 0.301 e. The van der Waals surface area contributed by atoms with E-state index in [1.165, 1.54) is 25.4 Å². The number of carbonyl (C=O) groups is 1. The second-order valence-electron chi connectivity index (χ2n) is 11.6. The minimum absolute atomic E-state index is 0.00343. The number of piperazine rings is 1. The van der Waals surface area contributed by atoms with Gasteiger partial charge in [0.05, 0.1) is 31.4 Å². The molecule has 1 aromatic heterocycles. The molecule has 2 aromatic carbocycles. The normalized spacial score (nSPS) is 21.9. The number of aliphatic hydroxyl groups excluding tert-OH is 1. The van der Waals surface area contributed by atoms with Crippen molar-refractivity contribution in [2.24, 2.45) is 5.92 Å². The van der Waals surface area contributed by atoms with Crippen molar-refractivity contribution in [2.75, 3.05) is 69.3 Å². The van der Waals surface area contributed by atoms with E-state index < -0.39 is 37.0 Å². The summed E-state index contributed by atoms with van der Waals surface area (Å²) in [6, 6.07) is 15.1. The van der Waals surface area contributed by atoms with Crippen LogP contribution < -0.4 is 15.0 Å². The van der Waals surface area contributed by atoms with Gasteiger partial charge in [-0.25, -0.2) is 18.7 Å². The van der Waals surface area contributed by atoms with Gasteiger partial charge in [0.2, 0.25) is 11.9 Å². The molecule has 2 atom stereocenters. The van der Waals surface area contributed by atoms with E-state index in [0.717, 1.165) is 55.7 Å². The van der Waals surface area contributed by atoms with E-state index in [0.29, 0.717) is 17.6 Å². The van der Waals surface area contributed by atoms with Crippen molar-refractivity contribution < 1.29 is 28.2 Å². The number of nitrogens with one attached hydrogen (secondary N) is 1. The molecule has 6 rings (SSSR count). The second-order valence-corrected chi connectivity index (χ2v) is 11.6. The summed E-state index contributed by atoms with van der Waals surface area (Å²) in [4.78, 5) is 30.5. The molecule has 3 saturated heterocycles. The first-order valence-electron chi connectivity index (χ1n) is 14.8. The first-order valence-corrected chi connectivity index (χ1v) is 14.8. The molecule has 4 heterocycles. The van der Waals surface area contributed by atoms with E-state index in [2.05, 4.69) is 42.2 Å². The predicted octanol–water partition coefficient (Wildman–Crippen LogP) is 2.53. The van der Waals surface area contributed by atoms with Crippen LogP contribution >= 0.6 is 0 Å². The second kappa shape index (κ2) is 12.9. The molecule has 12 nitrogen and oxygen atoms in total. The Morgan fingerprint density at radius 1 is 1.16 bits per heavy atom. The number of alkyl halides is 2. The lowest BCUT2D eigenvalue weighted by molar-refractivity contribution is -0.174. The molecular weight excluding hydrogens is 586 g/mol. The number of benzene rings is 2. The lowest BCUT2D eigenvalue weighted by Gasteiger charge is -2.43. The van der Waals surface area contributed by atoms with Crippen LogP contribution in [0.5, 0.6) is 5.75 Å². The first kappa shape index (κ1) is 30.6. The quantitative estimate of drug-likeness (QED) is 0.384. The number of carbonyl (C=O) groups excluding carboxylic acids is 1. The molecule has 3 fully saturated rings. The molecule has 45 heavy (non-hydrogen) atoms. The summed E-state index contributed by atoms with van der Waals surface area (Å²) in [6.07, 6.45) is -0.212. The summed E-state index contributed by atoms with van der Waals surface area (Å²) in [5.74, 6) is -4.32. The molecule has 3 aliphatic heterocycles. The minimum atomic E-state index is -3.39. The third kappa shape index (κ3) is 6.65. The van der Waals surface area contributed by atoms with Gasteiger partial charge < -0.3 is 29.7 Å². The zero-order valence-electron chi connectivity index (χ0n) is 24.8. The van der Waals surface area contributed by atoms with Crippen molar-refractivity contribution >= 4 is 23.2 Å². The van der Waals surface area contributed by atoms with E-state index in [1.54, 1.807) is 6.07 Å². The lowest BCUT2D eigenvalue weighted by atomic mass is 9.93. The maximum absolute atomic E-state index is 15.0. The summed E-state index contributed by atoms with van der Waals surface area (Å²) in [7, 11) is 0. The maximum atomic E-state index is 15.0. The molecule has 3 aliphatic rings. The van der Waals surface area contributed by atoms with E-state index in [4.69, 9.17) is 14.6 Å². The number of hydrogen-bond donors (Lipinski definition) is 2. The molecule has 3 aromatic rings. The highest BCUT2D eigenvalue weighted by atomic mass is 19.3. The van der Waals surface area contributed by atoms with Crippen LogP contribution in [0, 0.1) is 17.2 Å². The third-order valence-electron chi connectivity index (χ3n) is 8.45. The Morgan fingerprint density at radius 2 is 1.91 bits per heavy atom. The molecule has 2 N–H and O–H groups in total. The highest BCUT2D eigenvalue weighted by Gasteiger charge is 2.51. The number of nitriles is 1. The van der Waals surface area contributed by atoms with Crippen molar-refractivity contribution in [3.8, 4) is 23.2 Å². The Morgan fingerprint density at radius 3 is 2.56 bits per heavy atom. The van der Waals surface area contributed by atoms with E-state index in [1.807, 2.05) is 18.2 Å². The van der Waals surface area contributed by atoms with Crippen molar-refractivity contribution in [3.63, 3.8) is 0 Å². The number of nitrogens with zero attached hydrogens (tertiary/aromatic N) is 7. The fourth-order valence-corrected chi connectivity index (χ4v) is 5.92. The van der Waals surface area contributed by atoms with Crippen molar-refractivity contribution in [1.82, 2.24) is 24.8 Å². The summed E-state index contributed by atoms with van der Waals surface area (Å²) in [5, 5.41) is 22.1. The van der Waals surface area contributed by atoms with Gasteiger partial charge in [0.15, 0.2) is 11.9 Å². The number of rotatable bonds is 8. The summed E-state index contributed by atoms with van der Waals surface area (Å²) in [5.41, 5.74) is 2.46. The molecule has 0 bridgehead atoms. The zero-order chi connectivity index (χ0) is 31.6. The van der Waals surface area contributed by atoms with Crippen LogP contribution in [0.3, 0.4) is 0 Å². The Bertz CT molecular complexity index is 1560. The van der Waals surface area contributed by atoms with Gasteiger partial charge in [-0.3, -0.25) is 9.69 Å². The molecule has 236 valence electrons. The van der Waals surface area contributed by atoms with E-state index in [-0.39, 0.29) is 23.7 Å². The van der Waals surface area contributed by atoms with Crippen molar-refractivity contribution in [3.05, 3.63) is 54.4 Å². The van der Waals surface area contributed by atoms with Gasteiger partial charge in [0.25, 0.3) is 0 Å². The molecule has 0 radical (unpaired) electrons. The van der Waals surface area contributed by atoms with Crippen LogP contribution in [0.2, 0.25) is 0 Å². The minimum Gasteiger partial charge on any atom is -0.482 e. The Hall–Kier alpha value is -4.45. The Balaban J connectivity index is 1.11. The van der Waals surface area contributed by atoms with Crippen molar-refractivity contribution in [2.45, 2.75) is 25.0 Å². The van der Waals surface area contributed by atoms with Crippen LogP contribution in [-0.4, -0.2) is 113 Å². The Kier molecular flexibility index (Phi) is 8.75. The average Bonchev–Trinajstić information content (AvgIpc) is 3.02. The summed E-state index contributed by atoms with van der Waals surface area (Å²) in [6.45, 7) is 5.42. The zero-order valence-corrected chi connectivity index (χ0v) is 24.8. The number of hydrogen-bond acceptors (Lipinski definition) is 11. The lowest BCUT2D eigenvalue weighted by Crippen LogP contribution is -2.59. The van der Waals surface area contributed by atoms with Crippen LogP contribution in [0.25, 0.3) is 11.4 Å². The van der Waals surface area contributed by atoms with E-state index in [9.17, 15) is 10.1 Å². The molecule has 0 saturated carbocycles. The highest BCUT2D eigenvalue weighted by Crippen LogP contribution is 2.36. The SMILES string of the molecule is CC1CN(C(=O)CO)CC(F)(F)C1Oc1ccc(-c2ncnc(Nc3ccc(N4CCN(C5COC5)CC4)cc3)n2)cc1C#N. The summed E-state index contributed by atoms with van der Waals surface area (Å²) >= 11 is 0. The molecular formula is C31H34F2N8O4. The van der Waals surface area contributed by atoms with Gasteiger partial charge in [-0.15, -0.1) is 0 Å². The summed E-state index contributed by atoms with van der Waals surface area (Å²) < 4.78 is 41.0. The number of aliphatic hydroxyl groups is 1. The fourth-order valence-electron chi connectivity index (χ4n) is 5.92.